The highest BCUT2D eigenvalue weighted by Crippen LogP contribution is 2.23. The van der Waals surface area contributed by atoms with Crippen LogP contribution >= 0.6 is 0 Å². The molecule has 5 nitrogen and oxygen atoms in total. The largest absolute Gasteiger partial charge is 0.494 e. The zero-order valence-electron chi connectivity index (χ0n) is 11.2. The zero-order valence-corrected chi connectivity index (χ0v) is 11.2. The number of nitro groups is 1. The van der Waals surface area contributed by atoms with Crippen molar-refractivity contribution in [2.24, 2.45) is 0 Å². The highest BCUT2D eigenvalue weighted by molar-refractivity contribution is 5.44. The number of ether oxygens (including phenoxy) is 1. The molecule has 0 radical (unpaired) electrons. The van der Waals surface area contributed by atoms with Crippen LogP contribution in [-0.2, 0) is 0 Å². The normalized spacial score (nSPS) is 9.33. The van der Waals surface area contributed by atoms with E-state index in [1.54, 1.807) is 19.1 Å². The number of aryl methyl sites for hydroxylation is 1. The van der Waals surface area contributed by atoms with Crippen molar-refractivity contribution in [1.29, 1.82) is 0 Å². The Morgan fingerprint density at radius 1 is 1.33 bits per heavy atom. The summed E-state index contributed by atoms with van der Waals surface area (Å²) in [6.07, 6.45) is 1.47. The Morgan fingerprint density at radius 2 is 2.00 bits per heavy atom. The van der Waals surface area contributed by atoms with Gasteiger partial charge in [-0.2, -0.15) is 0 Å². The first-order valence-corrected chi connectivity index (χ1v) is 6.14. The molecular formula is C13H21NO4. The van der Waals surface area contributed by atoms with Gasteiger partial charge in [0.1, 0.15) is 5.75 Å². The van der Waals surface area contributed by atoms with Gasteiger partial charge in [-0.25, -0.2) is 0 Å². The number of benzene rings is 1. The van der Waals surface area contributed by atoms with Crippen molar-refractivity contribution in [2.45, 2.75) is 33.6 Å². The van der Waals surface area contributed by atoms with Gasteiger partial charge in [0.2, 0.25) is 0 Å². The van der Waals surface area contributed by atoms with Crippen molar-refractivity contribution in [3.63, 3.8) is 0 Å². The SMILES string of the molecule is CC.Cc1cc(OCCCCO)ccc1[N+](=O)[O-]. The summed E-state index contributed by atoms with van der Waals surface area (Å²) in [5.74, 6) is 0.626. The lowest BCUT2D eigenvalue weighted by Crippen LogP contribution is -1.99. The Labute approximate surface area is 108 Å². The van der Waals surface area contributed by atoms with Gasteiger partial charge >= 0.3 is 0 Å². The fraction of sp³-hybridized carbons (Fsp3) is 0.538. The Morgan fingerprint density at radius 3 is 2.50 bits per heavy atom. The van der Waals surface area contributed by atoms with E-state index >= 15 is 0 Å². The fourth-order valence-electron chi connectivity index (χ4n) is 1.33. The lowest BCUT2D eigenvalue weighted by Gasteiger charge is -2.06. The predicted octanol–water partition coefficient (Wildman–Crippen LogP) is 3.08. The molecule has 0 aliphatic heterocycles. The molecule has 0 heterocycles. The van der Waals surface area contributed by atoms with Crippen LogP contribution in [0.5, 0.6) is 5.75 Å². The Balaban J connectivity index is 0.00000137. The van der Waals surface area contributed by atoms with Gasteiger partial charge in [-0.1, -0.05) is 13.8 Å². The van der Waals surface area contributed by atoms with E-state index in [0.717, 1.165) is 6.42 Å². The summed E-state index contributed by atoms with van der Waals surface area (Å²) < 4.78 is 5.39. The second-order valence-corrected chi connectivity index (χ2v) is 3.48. The van der Waals surface area contributed by atoms with E-state index in [1.807, 2.05) is 13.8 Å². The van der Waals surface area contributed by atoms with Gasteiger partial charge in [-0.3, -0.25) is 10.1 Å². The molecule has 0 amide bonds. The van der Waals surface area contributed by atoms with E-state index in [2.05, 4.69) is 0 Å². The summed E-state index contributed by atoms with van der Waals surface area (Å²) in [6.45, 7) is 6.35. The minimum atomic E-state index is -0.412. The number of aliphatic hydroxyl groups excluding tert-OH is 1. The monoisotopic (exact) mass is 255 g/mol. The molecule has 1 rings (SSSR count). The van der Waals surface area contributed by atoms with Crippen molar-refractivity contribution in [2.75, 3.05) is 13.2 Å². The highest BCUT2D eigenvalue weighted by atomic mass is 16.6. The molecule has 0 atom stereocenters. The van der Waals surface area contributed by atoms with Crippen LogP contribution in [0.1, 0.15) is 32.3 Å². The van der Waals surface area contributed by atoms with Gasteiger partial charge < -0.3 is 9.84 Å². The van der Waals surface area contributed by atoms with Crippen molar-refractivity contribution >= 4 is 5.69 Å². The summed E-state index contributed by atoms with van der Waals surface area (Å²) >= 11 is 0. The molecule has 0 aliphatic carbocycles. The molecule has 0 aliphatic rings. The first kappa shape index (κ1) is 16.4. The predicted molar refractivity (Wildman–Crippen MR) is 71.0 cm³/mol. The number of rotatable bonds is 6. The van der Waals surface area contributed by atoms with Crippen molar-refractivity contribution in [3.05, 3.63) is 33.9 Å². The molecule has 0 unspecified atom stereocenters. The molecule has 0 bridgehead atoms. The van der Waals surface area contributed by atoms with Crippen LogP contribution in [0.25, 0.3) is 0 Å². The standard InChI is InChI=1S/C11H15NO4.C2H6/c1-9-8-10(16-7-3-2-6-13)4-5-11(9)12(14)15;1-2/h4-5,8,13H,2-3,6-7H2,1H3;1-2H3. The molecule has 1 N–H and O–H groups in total. The smallest absolute Gasteiger partial charge is 0.272 e. The number of hydrogen-bond donors (Lipinski definition) is 1. The van der Waals surface area contributed by atoms with E-state index < -0.39 is 4.92 Å². The molecule has 18 heavy (non-hydrogen) atoms. The molecule has 0 aromatic heterocycles. The van der Waals surface area contributed by atoms with Gasteiger partial charge in [0.15, 0.2) is 0 Å². The zero-order chi connectivity index (χ0) is 14.0. The van der Waals surface area contributed by atoms with Gasteiger partial charge in [0, 0.05) is 18.2 Å². The van der Waals surface area contributed by atoms with Crippen LogP contribution in [0.3, 0.4) is 0 Å². The Hall–Kier alpha value is -1.62. The summed E-state index contributed by atoms with van der Waals surface area (Å²) in [5.41, 5.74) is 0.687. The number of nitro benzene ring substituents is 1. The number of hydrogen-bond acceptors (Lipinski definition) is 4. The van der Waals surface area contributed by atoms with Crippen molar-refractivity contribution < 1.29 is 14.8 Å². The third-order valence-corrected chi connectivity index (χ3v) is 2.19. The van der Waals surface area contributed by atoms with Gasteiger partial charge in [-0.15, -0.1) is 0 Å². The minimum Gasteiger partial charge on any atom is -0.494 e. The Bertz CT molecular complexity index is 366. The molecule has 1 aromatic rings. The third kappa shape index (κ3) is 5.63. The molecule has 102 valence electrons. The summed E-state index contributed by atoms with van der Waals surface area (Å²) in [6, 6.07) is 4.68. The summed E-state index contributed by atoms with van der Waals surface area (Å²) in [5, 5.41) is 19.1. The summed E-state index contributed by atoms with van der Waals surface area (Å²) in [7, 11) is 0. The molecule has 0 saturated carbocycles. The van der Waals surface area contributed by atoms with Gasteiger partial charge in [0.05, 0.1) is 11.5 Å². The van der Waals surface area contributed by atoms with E-state index in [0.29, 0.717) is 24.3 Å². The summed E-state index contributed by atoms with van der Waals surface area (Å²) in [4.78, 5) is 10.2. The van der Waals surface area contributed by atoms with Crippen LogP contribution in [0.15, 0.2) is 18.2 Å². The highest BCUT2D eigenvalue weighted by Gasteiger charge is 2.10. The van der Waals surface area contributed by atoms with Crippen LogP contribution < -0.4 is 4.74 Å². The van der Waals surface area contributed by atoms with Crippen molar-refractivity contribution in [3.8, 4) is 5.75 Å². The molecule has 1 aromatic carbocycles. The van der Waals surface area contributed by atoms with Gasteiger partial charge in [0.25, 0.3) is 5.69 Å². The topological polar surface area (TPSA) is 72.6 Å². The second kappa shape index (κ2) is 9.41. The second-order valence-electron chi connectivity index (χ2n) is 3.48. The third-order valence-electron chi connectivity index (χ3n) is 2.19. The molecule has 0 saturated heterocycles. The number of unbranched alkanes of at least 4 members (excludes halogenated alkanes) is 1. The minimum absolute atomic E-state index is 0.0997. The van der Waals surface area contributed by atoms with Gasteiger partial charge in [-0.05, 0) is 31.9 Å². The lowest BCUT2D eigenvalue weighted by molar-refractivity contribution is -0.385. The molecule has 5 heteroatoms. The maximum absolute atomic E-state index is 10.6. The average molecular weight is 255 g/mol. The van der Waals surface area contributed by atoms with E-state index in [1.165, 1.54) is 6.07 Å². The Kier molecular flexibility index (Phi) is 8.57. The fourth-order valence-corrected chi connectivity index (χ4v) is 1.33. The number of nitrogens with zero attached hydrogens (tertiary/aromatic N) is 1. The van der Waals surface area contributed by atoms with E-state index in [4.69, 9.17) is 9.84 Å². The lowest BCUT2D eigenvalue weighted by atomic mass is 10.2. The molecule has 0 spiro atoms. The maximum atomic E-state index is 10.6. The van der Waals surface area contributed by atoms with Crippen LogP contribution in [-0.4, -0.2) is 23.2 Å². The van der Waals surface area contributed by atoms with Crippen LogP contribution in [0, 0.1) is 17.0 Å². The quantitative estimate of drug-likeness (QED) is 0.481. The number of aliphatic hydroxyl groups is 1. The maximum Gasteiger partial charge on any atom is 0.272 e. The van der Waals surface area contributed by atoms with Crippen LogP contribution in [0.4, 0.5) is 5.69 Å². The van der Waals surface area contributed by atoms with E-state index in [9.17, 15) is 10.1 Å². The first-order chi connectivity index (χ1) is 8.65. The van der Waals surface area contributed by atoms with Crippen molar-refractivity contribution in [1.82, 2.24) is 0 Å². The first-order valence-electron chi connectivity index (χ1n) is 6.14. The molecular weight excluding hydrogens is 234 g/mol. The van der Waals surface area contributed by atoms with E-state index in [-0.39, 0.29) is 12.3 Å². The van der Waals surface area contributed by atoms with Crippen LogP contribution in [0.2, 0.25) is 0 Å². The molecule has 0 fully saturated rings. The average Bonchev–Trinajstić information content (AvgIpc) is 2.37.